The zero-order chi connectivity index (χ0) is 22.8. The van der Waals surface area contributed by atoms with Crippen LogP contribution in [0.5, 0.6) is 0 Å². The summed E-state index contributed by atoms with van der Waals surface area (Å²) in [6.45, 7) is 3.32. The number of nitro benzene ring substituents is 1. The first kappa shape index (κ1) is 23.2. The van der Waals surface area contributed by atoms with E-state index in [9.17, 15) is 23.3 Å². The standard InChI is InChI=1S/C19H24ClN5O5S/c1-3-24-18(17(20)12-21-24)13-22(2)19(26)14-8-10-23(11-9-14)31(29,30)16-6-4-15(5-7-16)25(27)28/h4-7,12,14H,3,8-11,13H2,1-2H3. The van der Waals surface area contributed by atoms with Gasteiger partial charge in [0, 0.05) is 44.7 Å². The molecule has 1 aromatic heterocycles. The van der Waals surface area contributed by atoms with Crippen LogP contribution in [-0.4, -0.2) is 58.4 Å². The van der Waals surface area contributed by atoms with E-state index in [4.69, 9.17) is 11.6 Å². The Labute approximate surface area is 185 Å². The highest BCUT2D eigenvalue weighted by Crippen LogP contribution is 2.27. The number of sulfonamides is 1. The lowest BCUT2D eigenvalue weighted by Crippen LogP contribution is -2.43. The van der Waals surface area contributed by atoms with E-state index in [1.165, 1.54) is 28.6 Å². The molecule has 1 aromatic carbocycles. The minimum atomic E-state index is -3.77. The first-order valence-corrected chi connectivity index (χ1v) is 11.7. The normalized spacial score (nSPS) is 15.7. The third kappa shape index (κ3) is 4.89. The number of carbonyl (C=O) groups is 1. The van der Waals surface area contributed by atoms with Crippen LogP contribution in [0.2, 0.25) is 5.02 Å². The monoisotopic (exact) mass is 469 g/mol. The number of aryl methyl sites for hydroxylation is 1. The van der Waals surface area contributed by atoms with E-state index in [-0.39, 0.29) is 35.5 Å². The van der Waals surface area contributed by atoms with E-state index in [1.807, 2.05) is 6.92 Å². The number of hydrogen-bond acceptors (Lipinski definition) is 6. The fraction of sp³-hybridized carbons (Fsp3) is 0.474. The molecule has 0 saturated carbocycles. The number of benzene rings is 1. The molecule has 0 aliphatic carbocycles. The second-order valence-electron chi connectivity index (χ2n) is 7.38. The summed E-state index contributed by atoms with van der Waals surface area (Å²) in [6, 6.07) is 4.81. The Balaban J connectivity index is 1.62. The van der Waals surface area contributed by atoms with E-state index in [0.717, 1.165) is 5.69 Å². The summed E-state index contributed by atoms with van der Waals surface area (Å²) < 4.78 is 28.7. The molecule has 0 unspecified atom stereocenters. The van der Waals surface area contributed by atoms with Crippen molar-refractivity contribution in [2.45, 2.75) is 37.8 Å². The number of rotatable bonds is 7. The zero-order valence-electron chi connectivity index (χ0n) is 17.3. The number of non-ortho nitro benzene ring substituents is 1. The Morgan fingerprint density at radius 2 is 1.90 bits per heavy atom. The zero-order valence-corrected chi connectivity index (χ0v) is 18.8. The van der Waals surface area contributed by atoms with E-state index in [0.29, 0.717) is 31.0 Å². The van der Waals surface area contributed by atoms with Crippen molar-refractivity contribution in [2.75, 3.05) is 20.1 Å². The van der Waals surface area contributed by atoms with Crippen LogP contribution < -0.4 is 0 Å². The molecule has 1 saturated heterocycles. The Morgan fingerprint density at radius 1 is 1.29 bits per heavy atom. The molecule has 1 amide bonds. The fourth-order valence-corrected chi connectivity index (χ4v) is 5.33. The van der Waals surface area contributed by atoms with Crippen LogP contribution in [0.15, 0.2) is 35.4 Å². The molecule has 0 radical (unpaired) electrons. The number of nitro groups is 1. The van der Waals surface area contributed by atoms with Crippen molar-refractivity contribution in [1.82, 2.24) is 19.0 Å². The van der Waals surface area contributed by atoms with Gasteiger partial charge in [0.1, 0.15) is 0 Å². The van der Waals surface area contributed by atoms with Gasteiger partial charge >= 0.3 is 0 Å². The van der Waals surface area contributed by atoms with Gasteiger partial charge in [-0.2, -0.15) is 9.40 Å². The number of hydrogen-bond donors (Lipinski definition) is 0. The highest BCUT2D eigenvalue weighted by atomic mass is 35.5. The predicted octanol–water partition coefficient (Wildman–Crippen LogP) is 2.52. The molecule has 31 heavy (non-hydrogen) atoms. The van der Waals surface area contributed by atoms with Gasteiger partial charge in [0.15, 0.2) is 0 Å². The van der Waals surface area contributed by atoms with Crippen molar-refractivity contribution < 1.29 is 18.1 Å². The molecular weight excluding hydrogens is 446 g/mol. The Morgan fingerprint density at radius 3 is 2.45 bits per heavy atom. The lowest BCUT2D eigenvalue weighted by molar-refractivity contribution is -0.384. The molecule has 0 atom stereocenters. The van der Waals surface area contributed by atoms with Crippen molar-refractivity contribution >= 4 is 33.2 Å². The van der Waals surface area contributed by atoms with Gasteiger partial charge in [0.05, 0.1) is 33.3 Å². The predicted molar refractivity (Wildman–Crippen MR) is 114 cm³/mol. The number of piperidine rings is 1. The lowest BCUT2D eigenvalue weighted by Gasteiger charge is -2.32. The Hall–Kier alpha value is -2.50. The SMILES string of the molecule is CCn1ncc(Cl)c1CN(C)C(=O)C1CCN(S(=O)(=O)c2ccc([N+](=O)[O-])cc2)CC1. The first-order chi connectivity index (χ1) is 14.6. The minimum absolute atomic E-state index is 0.00228. The minimum Gasteiger partial charge on any atom is -0.340 e. The smallest absolute Gasteiger partial charge is 0.269 e. The molecule has 12 heteroatoms. The summed E-state index contributed by atoms with van der Waals surface area (Å²) in [5, 5.41) is 15.5. The molecule has 0 N–H and O–H groups in total. The van der Waals surface area contributed by atoms with Crippen LogP contribution >= 0.6 is 11.6 Å². The van der Waals surface area contributed by atoms with Gasteiger partial charge in [-0.05, 0) is 31.9 Å². The van der Waals surface area contributed by atoms with E-state index in [2.05, 4.69) is 5.10 Å². The molecule has 1 aliphatic rings. The molecule has 0 spiro atoms. The van der Waals surface area contributed by atoms with Gasteiger partial charge in [-0.25, -0.2) is 8.42 Å². The van der Waals surface area contributed by atoms with Crippen LogP contribution in [0.1, 0.15) is 25.5 Å². The summed E-state index contributed by atoms with van der Waals surface area (Å²) in [5.41, 5.74) is 0.592. The molecule has 168 valence electrons. The number of amides is 1. The van der Waals surface area contributed by atoms with Crippen molar-refractivity contribution in [3.05, 3.63) is 51.3 Å². The maximum absolute atomic E-state index is 12.9. The molecule has 2 heterocycles. The first-order valence-electron chi connectivity index (χ1n) is 9.85. The number of nitrogens with zero attached hydrogens (tertiary/aromatic N) is 5. The van der Waals surface area contributed by atoms with Crippen molar-refractivity contribution in [1.29, 1.82) is 0 Å². The largest absolute Gasteiger partial charge is 0.340 e. The van der Waals surface area contributed by atoms with Gasteiger partial charge in [-0.3, -0.25) is 19.6 Å². The number of aromatic nitrogens is 2. The highest BCUT2D eigenvalue weighted by molar-refractivity contribution is 7.89. The van der Waals surface area contributed by atoms with Gasteiger partial charge in [0.2, 0.25) is 15.9 Å². The Bertz CT molecular complexity index is 1060. The van der Waals surface area contributed by atoms with Crippen LogP contribution in [0.3, 0.4) is 0 Å². The molecule has 2 aromatic rings. The Kier molecular flexibility index (Phi) is 6.97. The average Bonchev–Trinajstić information content (AvgIpc) is 3.12. The number of halogens is 1. The van der Waals surface area contributed by atoms with Crippen molar-refractivity contribution in [3.63, 3.8) is 0 Å². The van der Waals surface area contributed by atoms with Crippen molar-refractivity contribution in [3.8, 4) is 0 Å². The molecule has 10 nitrogen and oxygen atoms in total. The molecule has 1 aliphatic heterocycles. The number of carbonyl (C=O) groups excluding carboxylic acids is 1. The second kappa shape index (κ2) is 9.33. The fourth-order valence-electron chi connectivity index (χ4n) is 3.66. The van der Waals surface area contributed by atoms with E-state index < -0.39 is 14.9 Å². The lowest BCUT2D eigenvalue weighted by atomic mass is 9.96. The third-order valence-electron chi connectivity index (χ3n) is 5.45. The molecular formula is C19H24ClN5O5S. The van der Waals surface area contributed by atoms with Crippen LogP contribution in [0.4, 0.5) is 5.69 Å². The van der Waals surface area contributed by atoms with Gasteiger partial charge < -0.3 is 4.90 Å². The average molecular weight is 470 g/mol. The van der Waals surface area contributed by atoms with Crippen LogP contribution in [0.25, 0.3) is 0 Å². The van der Waals surface area contributed by atoms with E-state index >= 15 is 0 Å². The van der Waals surface area contributed by atoms with E-state index in [1.54, 1.807) is 22.8 Å². The maximum atomic E-state index is 12.9. The molecule has 0 bridgehead atoms. The summed E-state index contributed by atoms with van der Waals surface area (Å²) >= 11 is 6.18. The summed E-state index contributed by atoms with van der Waals surface area (Å²) in [6.07, 6.45) is 2.35. The van der Waals surface area contributed by atoms with Gasteiger partial charge in [0.25, 0.3) is 5.69 Å². The van der Waals surface area contributed by atoms with Crippen LogP contribution in [0, 0.1) is 16.0 Å². The van der Waals surface area contributed by atoms with Gasteiger partial charge in [-0.1, -0.05) is 11.6 Å². The second-order valence-corrected chi connectivity index (χ2v) is 9.72. The summed E-state index contributed by atoms with van der Waals surface area (Å²) in [4.78, 5) is 24.7. The van der Waals surface area contributed by atoms with Gasteiger partial charge in [-0.15, -0.1) is 0 Å². The van der Waals surface area contributed by atoms with Crippen LogP contribution in [-0.2, 0) is 27.9 Å². The maximum Gasteiger partial charge on any atom is 0.269 e. The molecule has 1 fully saturated rings. The quantitative estimate of drug-likeness (QED) is 0.454. The topological polar surface area (TPSA) is 119 Å². The summed E-state index contributed by atoms with van der Waals surface area (Å²) in [5.74, 6) is -0.350. The summed E-state index contributed by atoms with van der Waals surface area (Å²) in [7, 11) is -2.07. The third-order valence-corrected chi connectivity index (χ3v) is 7.68. The highest BCUT2D eigenvalue weighted by Gasteiger charge is 2.33. The molecule has 3 rings (SSSR count). The van der Waals surface area contributed by atoms with Crippen molar-refractivity contribution in [2.24, 2.45) is 5.92 Å².